The van der Waals surface area contributed by atoms with Crippen molar-refractivity contribution in [2.45, 2.75) is 25.5 Å². The zero-order chi connectivity index (χ0) is 24.5. The minimum atomic E-state index is -0.940. The number of fused-ring (bicyclic) bond motifs is 1. The number of esters is 1. The summed E-state index contributed by atoms with van der Waals surface area (Å²) in [6, 6.07) is 11.4. The number of pyridine rings is 1. The van der Waals surface area contributed by atoms with Crippen molar-refractivity contribution < 1.29 is 29.3 Å². The first-order valence-electron chi connectivity index (χ1n) is 10.9. The van der Waals surface area contributed by atoms with Crippen LogP contribution in [0, 0.1) is 0 Å². The van der Waals surface area contributed by atoms with E-state index in [9.17, 15) is 14.7 Å². The molecule has 0 aliphatic heterocycles. The molecule has 0 saturated carbocycles. The molecule has 182 valence electrons. The molecule has 1 amide bonds. The van der Waals surface area contributed by atoms with Gasteiger partial charge in [-0.25, -0.2) is 9.78 Å². The van der Waals surface area contributed by atoms with Crippen LogP contribution in [0.4, 0.5) is 11.4 Å². The lowest BCUT2D eigenvalue weighted by atomic mass is 10.1. The van der Waals surface area contributed by atoms with E-state index in [1.54, 1.807) is 23.9 Å². The molecule has 0 aliphatic carbocycles. The maximum atomic E-state index is 12.9. The number of methoxy groups -OCH3 is 2. The lowest BCUT2D eigenvalue weighted by Crippen LogP contribution is -2.22. The van der Waals surface area contributed by atoms with Gasteiger partial charge in [0.15, 0.2) is 5.69 Å². The molecule has 10 nitrogen and oxygen atoms in total. The van der Waals surface area contributed by atoms with Gasteiger partial charge in [-0.15, -0.1) is 0 Å². The molecule has 0 saturated heterocycles. The highest BCUT2D eigenvalue weighted by molar-refractivity contribution is 6.11. The van der Waals surface area contributed by atoms with Gasteiger partial charge in [-0.2, -0.15) is 0 Å². The first-order chi connectivity index (χ1) is 16.5. The van der Waals surface area contributed by atoms with E-state index >= 15 is 0 Å². The third-order valence-corrected chi connectivity index (χ3v) is 5.30. The van der Waals surface area contributed by atoms with Crippen molar-refractivity contribution >= 4 is 34.3 Å². The Hall–Kier alpha value is -3.47. The molecule has 0 spiro atoms. The average Bonchev–Trinajstić information content (AvgIpc) is 3.17. The van der Waals surface area contributed by atoms with Crippen molar-refractivity contribution in [1.82, 2.24) is 9.55 Å². The Kier molecular flexibility index (Phi) is 8.97. The highest BCUT2D eigenvalue weighted by atomic mass is 16.5. The van der Waals surface area contributed by atoms with Gasteiger partial charge in [0.2, 0.25) is 5.91 Å². The summed E-state index contributed by atoms with van der Waals surface area (Å²) in [4.78, 5) is 30.1. The van der Waals surface area contributed by atoms with Crippen molar-refractivity contribution in [3.63, 3.8) is 0 Å². The van der Waals surface area contributed by atoms with Crippen LogP contribution in [-0.2, 0) is 27.2 Å². The summed E-state index contributed by atoms with van der Waals surface area (Å²) < 4.78 is 11.9. The highest BCUT2D eigenvalue weighted by Gasteiger charge is 2.26. The molecule has 3 aromatic rings. The molecule has 10 heteroatoms. The second-order valence-corrected chi connectivity index (χ2v) is 7.71. The van der Waals surface area contributed by atoms with Crippen LogP contribution in [0.5, 0.6) is 0 Å². The van der Waals surface area contributed by atoms with E-state index < -0.39 is 12.1 Å². The quantitative estimate of drug-likeness (QED) is 0.294. The molecular weight excluding hydrogens is 440 g/mol. The SMILES string of the molecule is COCCn1c(C(=O)OC)c(NC(=O)CCc2ccccc2)c2cc(NCC(O)CO)cnc21. The lowest BCUT2D eigenvalue weighted by Gasteiger charge is -2.10. The summed E-state index contributed by atoms with van der Waals surface area (Å²) in [5.41, 5.74) is 2.53. The van der Waals surface area contributed by atoms with E-state index in [0.717, 1.165) is 5.56 Å². The number of rotatable bonds is 12. The van der Waals surface area contributed by atoms with E-state index in [0.29, 0.717) is 42.0 Å². The van der Waals surface area contributed by atoms with Crippen LogP contribution in [0.25, 0.3) is 11.0 Å². The fourth-order valence-electron chi connectivity index (χ4n) is 3.56. The minimum Gasteiger partial charge on any atom is -0.464 e. The van der Waals surface area contributed by atoms with Crippen LogP contribution >= 0.6 is 0 Å². The number of aliphatic hydroxyl groups excluding tert-OH is 2. The smallest absolute Gasteiger partial charge is 0.356 e. The molecule has 0 radical (unpaired) electrons. The number of aliphatic hydroxyl groups is 2. The number of hydrogen-bond acceptors (Lipinski definition) is 8. The number of aromatic nitrogens is 2. The molecule has 1 atom stereocenters. The molecule has 2 aromatic heterocycles. The second kappa shape index (κ2) is 12.1. The number of carbonyl (C=O) groups is 2. The van der Waals surface area contributed by atoms with Gasteiger partial charge in [0, 0.05) is 32.0 Å². The van der Waals surface area contributed by atoms with E-state index in [-0.39, 0.29) is 31.2 Å². The maximum absolute atomic E-state index is 12.9. The molecule has 4 N–H and O–H groups in total. The van der Waals surface area contributed by atoms with Crippen molar-refractivity contribution in [3.05, 3.63) is 53.9 Å². The summed E-state index contributed by atoms with van der Waals surface area (Å²) in [5.74, 6) is -0.869. The van der Waals surface area contributed by atoms with Gasteiger partial charge in [-0.1, -0.05) is 30.3 Å². The topological polar surface area (TPSA) is 135 Å². The number of carbonyl (C=O) groups excluding carboxylic acids is 2. The summed E-state index contributed by atoms with van der Waals surface area (Å²) in [6.07, 6.45) is 1.39. The Morgan fingerprint density at radius 1 is 1.21 bits per heavy atom. The van der Waals surface area contributed by atoms with Crippen LogP contribution in [-0.4, -0.2) is 71.7 Å². The first-order valence-corrected chi connectivity index (χ1v) is 10.9. The molecule has 0 aliphatic rings. The zero-order valence-electron chi connectivity index (χ0n) is 19.3. The lowest BCUT2D eigenvalue weighted by molar-refractivity contribution is -0.116. The molecule has 1 unspecified atom stereocenters. The highest BCUT2D eigenvalue weighted by Crippen LogP contribution is 2.33. The second-order valence-electron chi connectivity index (χ2n) is 7.71. The summed E-state index contributed by atoms with van der Waals surface area (Å²) >= 11 is 0. The summed E-state index contributed by atoms with van der Waals surface area (Å²) in [7, 11) is 2.83. The normalized spacial score (nSPS) is 11.9. The van der Waals surface area contributed by atoms with E-state index in [4.69, 9.17) is 14.6 Å². The molecule has 2 heterocycles. The van der Waals surface area contributed by atoms with E-state index in [2.05, 4.69) is 15.6 Å². The van der Waals surface area contributed by atoms with Crippen LogP contribution in [0.3, 0.4) is 0 Å². The summed E-state index contributed by atoms with van der Waals surface area (Å²) in [6.45, 7) is 0.363. The monoisotopic (exact) mass is 470 g/mol. The Bertz CT molecular complexity index is 1120. The van der Waals surface area contributed by atoms with Crippen LogP contribution in [0.1, 0.15) is 22.5 Å². The van der Waals surface area contributed by atoms with Gasteiger partial charge in [0.1, 0.15) is 5.65 Å². The number of anilines is 2. The number of aryl methyl sites for hydroxylation is 1. The Morgan fingerprint density at radius 2 is 1.97 bits per heavy atom. The number of ether oxygens (including phenoxy) is 2. The fourth-order valence-corrected chi connectivity index (χ4v) is 3.56. The molecule has 3 rings (SSSR count). The number of amides is 1. The molecule has 0 bridgehead atoms. The summed E-state index contributed by atoms with van der Waals surface area (Å²) in [5, 5.41) is 25.1. The number of nitrogens with one attached hydrogen (secondary N) is 2. The Labute approximate surface area is 197 Å². The Balaban J connectivity index is 1.98. The van der Waals surface area contributed by atoms with Crippen molar-refractivity contribution in [2.75, 3.05) is 44.6 Å². The van der Waals surface area contributed by atoms with Gasteiger partial charge >= 0.3 is 5.97 Å². The van der Waals surface area contributed by atoms with Crippen LogP contribution < -0.4 is 10.6 Å². The number of benzene rings is 1. The number of hydrogen-bond donors (Lipinski definition) is 4. The Morgan fingerprint density at radius 3 is 2.65 bits per heavy atom. The molecule has 1 aromatic carbocycles. The van der Waals surface area contributed by atoms with Crippen LogP contribution in [0.15, 0.2) is 42.6 Å². The van der Waals surface area contributed by atoms with Crippen molar-refractivity contribution in [1.29, 1.82) is 0 Å². The van der Waals surface area contributed by atoms with Gasteiger partial charge in [-0.3, -0.25) is 4.79 Å². The molecule has 34 heavy (non-hydrogen) atoms. The fraction of sp³-hybridized carbons (Fsp3) is 0.375. The third kappa shape index (κ3) is 6.10. The zero-order valence-corrected chi connectivity index (χ0v) is 19.3. The predicted octanol–water partition coefficient (Wildman–Crippen LogP) is 1.81. The first kappa shape index (κ1) is 25.2. The maximum Gasteiger partial charge on any atom is 0.356 e. The largest absolute Gasteiger partial charge is 0.464 e. The molecule has 0 fully saturated rings. The molecular formula is C24H30N4O6. The average molecular weight is 471 g/mol. The predicted molar refractivity (Wildman–Crippen MR) is 128 cm³/mol. The number of nitrogens with zero attached hydrogens (tertiary/aromatic N) is 2. The minimum absolute atomic E-state index is 0.108. The van der Waals surface area contributed by atoms with E-state index in [1.165, 1.54) is 7.11 Å². The van der Waals surface area contributed by atoms with Gasteiger partial charge in [0.05, 0.1) is 44.0 Å². The van der Waals surface area contributed by atoms with Crippen LogP contribution in [0.2, 0.25) is 0 Å². The van der Waals surface area contributed by atoms with Gasteiger partial charge < -0.3 is 34.9 Å². The van der Waals surface area contributed by atoms with E-state index in [1.807, 2.05) is 30.3 Å². The van der Waals surface area contributed by atoms with Gasteiger partial charge in [0.25, 0.3) is 0 Å². The van der Waals surface area contributed by atoms with Crippen molar-refractivity contribution in [3.8, 4) is 0 Å². The standard InChI is InChI=1S/C24H30N4O6/c1-33-11-10-28-22(24(32)34-2)21(27-20(31)9-8-16-6-4-3-5-7-16)19-12-17(13-26-23(19)28)25-14-18(30)15-29/h3-7,12-13,18,25,29-30H,8-11,14-15H2,1-2H3,(H,27,31). The van der Waals surface area contributed by atoms with Crippen molar-refractivity contribution in [2.24, 2.45) is 0 Å². The van der Waals surface area contributed by atoms with Gasteiger partial charge in [-0.05, 0) is 18.1 Å². The third-order valence-electron chi connectivity index (χ3n) is 5.30.